The van der Waals surface area contributed by atoms with E-state index >= 15 is 0 Å². The van der Waals surface area contributed by atoms with Gasteiger partial charge in [-0.2, -0.15) is 9.57 Å². The van der Waals surface area contributed by atoms with Gasteiger partial charge in [0, 0.05) is 12.1 Å². The highest BCUT2D eigenvalue weighted by atomic mass is 32.2. The van der Waals surface area contributed by atoms with Crippen LogP contribution in [0.3, 0.4) is 0 Å². The molecule has 2 bridgehead atoms. The topological polar surface area (TPSA) is 61.2 Å². The van der Waals surface area contributed by atoms with E-state index in [2.05, 4.69) is 0 Å². The largest absolute Gasteiger partial charge is 0.243 e. The molecule has 2 aliphatic rings. The first-order chi connectivity index (χ1) is 9.13. The van der Waals surface area contributed by atoms with Gasteiger partial charge in [-0.15, -0.1) is 0 Å². The second kappa shape index (κ2) is 4.62. The molecule has 2 heterocycles. The van der Waals surface area contributed by atoms with Crippen LogP contribution >= 0.6 is 0 Å². The minimum absolute atomic E-state index is 0.162. The summed E-state index contributed by atoms with van der Waals surface area (Å²) in [5.41, 5.74) is 0.394. The van der Waals surface area contributed by atoms with Gasteiger partial charge in [0.1, 0.15) is 0 Å². The molecule has 19 heavy (non-hydrogen) atoms. The van der Waals surface area contributed by atoms with Crippen LogP contribution in [0.25, 0.3) is 0 Å². The van der Waals surface area contributed by atoms with Crippen LogP contribution in [0.2, 0.25) is 0 Å². The van der Waals surface area contributed by atoms with Crippen molar-refractivity contribution in [3.05, 3.63) is 29.8 Å². The van der Waals surface area contributed by atoms with Gasteiger partial charge in [0.25, 0.3) is 0 Å². The molecule has 0 aliphatic carbocycles. The first-order valence-electron chi connectivity index (χ1n) is 6.66. The Hall–Kier alpha value is -1.38. The Morgan fingerprint density at radius 3 is 2.47 bits per heavy atom. The second-order valence-corrected chi connectivity index (χ2v) is 7.13. The predicted molar refractivity (Wildman–Crippen MR) is 70.8 cm³/mol. The molecule has 2 saturated heterocycles. The molecule has 0 amide bonds. The zero-order valence-corrected chi connectivity index (χ0v) is 11.4. The summed E-state index contributed by atoms with van der Waals surface area (Å²) in [5.74, 6) is 0. The summed E-state index contributed by atoms with van der Waals surface area (Å²) in [5, 5.41) is 8.90. The van der Waals surface area contributed by atoms with Crippen LogP contribution < -0.4 is 0 Å². The first kappa shape index (κ1) is 12.6. The highest BCUT2D eigenvalue weighted by Gasteiger charge is 2.44. The average molecular weight is 276 g/mol. The lowest BCUT2D eigenvalue weighted by Crippen LogP contribution is -2.43. The summed E-state index contributed by atoms with van der Waals surface area (Å²) in [4.78, 5) is 0.255. The lowest BCUT2D eigenvalue weighted by atomic mass is 10.1. The van der Waals surface area contributed by atoms with E-state index in [4.69, 9.17) is 5.26 Å². The minimum atomic E-state index is -3.45. The zero-order valence-electron chi connectivity index (χ0n) is 10.6. The van der Waals surface area contributed by atoms with Crippen molar-refractivity contribution in [1.82, 2.24) is 4.31 Å². The summed E-state index contributed by atoms with van der Waals surface area (Å²) >= 11 is 0. The number of benzene rings is 1. The molecule has 1 aromatic carbocycles. The van der Waals surface area contributed by atoms with Gasteiger partial charge in [-0.1, -0.05) is 12.5 Å². The van der Waals surface area contributed by atoms with Crippen LogP contribution in [0.15, 0.2) is 29.2 Å². The van der Waals surface area contributed by atoms with Gasteiger partial charge in [-0.05, 0) is 43.9 Å². The predicted octanol–water partition coefficient (Wildman–Crippen LogP) is 2.26. The van der Waals surface area contributed by atoms with Gasteiger partial charge in [-0.25, -0.2) is 8.42 Å². The zero-order chi connectivity index (χ0) is 13.5. The highest BCUT2D eigenvalue weighted by Crippen LogP contribution is 2.39. The fraction of sp³-hybridized carbons (Fsp3) is 0.500. The molecule has 2 aliphatic heterocycles. The van der Waals surface area contributed by atoms with Crippen molar-refractivity contribution >= 4 is 10.0 Å². The number of rotatable bonds is 2. The van der Waals surface area contributed by atoms with Crippen molar-refractivity contribution in [2.75, 3.05) is 0 Å². The SMILES string of the molecule is N#Cc1cccc(S(=O)(=O)N2C3CCCC2CC3)c1. The van der Waals surface area contributed by atoms with Crippen LogP contribution in [0.5, 0.6) is 0 Å². The summed E-state index contributed by atoms with van der Waals surface area (Å²) in [7, 11) is -3.45. The molecule has 4 nitrogen and oxygen atoms in total. The first-order valence-corrected chi connectivity index (χ1v) is 8.10. The summed E-state index contributed by atoms with van der Waals surface area (Å²) in [6.07, 6.45) is 5.00. The third-order valence-electron chi connectivity index (χ3n) is 4.17. The minimum Gasteiger partial charge on any atom is -0.207 e. The maximum Gasteiger partial charge on any atom is 0.243 e. The van der Waals surface area contributed by atoms with Crippen molar-refractivity contribution in [2.24, 2.45) is 0 Å². The maximum absolute atomic E-state index is 12.7. The Bertz CT molecular complexity index is 617. The van der Waals surface area contributed by atoms with Crippen molar-refractivity contribution in [1.29, 1.82) is 5.26 Å². The van der Waals surface area contributed by atoms with E-state index in [-0.39, 0.29) is 17.0 Å². The molecular weight excluding hydrogens is 260 g/mol. The highest BCUT2D eigenvalue weighted by molar-refractivity contribution is 7.89. The molecule has 0 aromatic heterocycles. The van der Waals surface area contributed by atoms with Gasteiger partial charge in [-0.3, -0.25) is 0 Å². The third-order valence-corrected chi connectivity index (χ3v) is 6.17. The number of nitrogens with zero attached hydrogens (tertiary/aromatic N) is 2. The Labute approximate surface area is 113 Å². The number of nitriles is 1. The Balaban J connectivity index is 2.01. The Morgan fingerprint density at radius 2 is 1.84 bits per heavy atom. The molecule has 100 valence electrons. The fourth-order valence-corrected chi connectivity index (χ4v) is 5.29. The van der Waals surface area contributed by atoms with E-state index < -0.39 is 10.0 Å². The van der Waals surface area contributed by atoms with Gasteiger partial charge in [0.15, 0.2) is 0 Å². The molecule has 3 rings (SSSR count). The fourth-order valence-electron chi connectivity index (χ4n) is 3.31. The van der Waals surface area contributed by atoms with E-state index in [0.29, 0.717) is 5.56 Å². The number of hydrogen-bond acceptors (Lipinski definition) is 3. The monoisotopic (exact) mass is 276 g/mol. The smallest absolute Gasteiger partial charge is 0.207 e. The molecule has 0 spiro atoms. The van der Waals surface area contributed by atoms with Crippen molar-refractivity contribution < 1.29 is 8.42 Å². The summed E-state index contributed by atoms with van der Waals surface area (Å²) in [6, 6.07) is 8.65. The van der Waals surface area contributed by atoms with Crippen LogP contribution in [0, 0.1) is 11.3 Å². The van der Waals surface area contributed by atoms with Gasteiger partial charge >= 0.3 is 0 Å². The standard InChI is InChI=1S/C14H16N2O2S/c15-10-11-3-1-6-14(9-11)19(17,18)16-12-4-2-5-13(16)8-7-12/h1,3,6,9,12-13H,2,4-5,7-8H2. The van der Waals surface area contributed by atoms with Gasteiger partial charge in [0.05, 0.1) is 16.5 Å². The van der Waals surface area contributed by atoms with E-state index in [9.17, 15) is 8.42 Å². The lowest BCUT2D eigenvalue weighted by Gasteiger charge is -2.33. The van der Waals surface area contributed by atoms with Gasteiger partial charge in [0.2, 0.25) is 10.0 Å². The van der Waals surface area contributed by atoms with Crippen LogP contribution in [0.4, 0.5) is 0 Å². The van der Waals surface area contributed by atoms with Crippen molar-refractivity contribution in [3.63, 3.8) is 0 Å². The quantitative estimate of drug-likeness (QED) is 0.832. The molecule has 0 radical (unpaired) electrons. The molecule has 2 unspecified atom stereocenters. The summed E-state index contributed by atoms with van der Waals surface area (Å²) in [6.45, 7) is 0. The number of piperidine rings is 1. The average Bonchev–Trinajstić information content (AvgIpc) is 2.70. The molecule has 0 N–H and O–H groups in total. The molecule has 2 fully saturated rings. The third kappa shape index (κ3) is 2.05. The molecule has 5 heteroatoms. The maximum atomic E-state index is 12.7. The lowest BCUT2D eigenvalue weighted by molar-refractivity contribution is 0.248. The van der Waals surface area contributed by atoms with Crippen molar-refractivity contribution in [3.8, 4) is 6.07 Å². The molecule has 2 atom stereocenters. The number of hydrogen-bond donors (Lipinski definition) is 0. The molecule has 0 saturated carbocycles. The van der Waals surface area contributed by atoms with Gasteiger partial charge < -0.3 is 0 Å². The number of sulfonamides is 1. The molecular formula is C14H16N2O2S. The van der Waals surface area contributed by atoms with E-state index in [1.807, 2.05) is 6.07 Å². The normalized spacial score (nSPS) is 27.1. The van der Waals surface area contributed by atoms with E-state index in [0.717, 1.165) is 32.1 Å². The van der Waals surface area contributed by atoms with Crippen LogP contribution in [0.1, 0.15) is 37.7 Å². The number of fused-ring (bicyclic) bond motifs is 2. The summed E-state index contributed by atoms with van der Waals surface area (Å²) < 4.78 is 27.2. The van der Waals surface area contributed by atoms with E-state index in [1.54, 1.807) is 22.5 Å². The van der Waals surface area contributed by atoms with E-state index in [1.165, 1.54) is 6.07 Å². The van der Waals surface area contributed by atoms with Crippen molar-refractivity contribution in [2.45, 2.75) is 49.1 Å². The second-order valence-electron chi connectivity index (χ2n) is 5.29. The van der Waals surface area contributed by atoms with Crippen LogP contribution in [-0.2, 0) is 10.0 Å². The van der Waals surface area contributed by atoms with Crippen LogP contribution in [-0.4, -0.2) is 24.8 Å². The Kier molecular flexibility index (Phi) is 3.08. The Morgan fingerprint density at radius 1 is 1.16 bits per heavy atom. The molecule has 1 aromatic rings.